The first kappa shape index (κ1) is 24.8. The number of carboxylic acid groups (broad SMARTS) is 1. The molecule has 0 aromatic heterocycles. The van der Waals surface area contributed by atoms with Crippen LogP contribution in [0.5, 0.6) is 0 Å². The number of carboxylic acids is 1. The van der Waals surface area contributed by atoms with E-state index in [2.05, 4.69) is 6.92 Å². The van der Waals surface area contributed by atoms with Gasteiger partial charge in [0, 0.05) is 31.8 Å². The van der Waals surface area contributed by atoms with E-state index in [0.29, 0.717) is 12.8 Å². The number of hydrogen-bond donors (Lipinski definition) is 3. The van der Waals surface area contributed by atoms with E-state index in [1.165, 1.54) is 0 Å². The maximum absolute atomic E-state index is 12.3. The average molecular weight is 399 g/mol. The summed E-state index contributed by atoms with van der Waals surface area (Å²) in [7, 11) is 1.59. The van der Waals surface area contributed by atoms with Crippen molar-refractivity contribution in [2.45, 2.75) is 95.9 Å². The van der Waals surface area contributed by atoms with E-state index in [-0.39, 0.29) is 30.5 Å². The highest BCUT2D eigenvalue weighted by Gasteiger charge is 2.40. The van der Waals surface area contributed by atoms with Crippen LogP contribution >= 0.6 is 0 Å². The van der Waals surface area contributed by atoms with Crippen molar-refractivity contribution >= 4 is 11.8 Å². The molecule has 0 radical (unpaired) electrons. The molecular formula is C22H38O6. The van der Waals surface area contributed by atoms with Gasteiger partial charge in [-0.15, -0.1) is 0 Å². The lowest BCUT2D eigenvalue weighted by Gasteiger charge is -2.32. The summed E-state index contributed by atoms with van der Waals surface area (Å²) < 4.78 is 5.54. The lowest BCUT2D eigenvalue weighted by molar-refractivity contribution is -0.137. The summed E-state index contributed by atoms with van der Waals surface area (Å²) in [5.74, 6) is -1.22. The maximum Gasteiger partial charge on any atom is 0.303 e. The van der Waals surface area contributed by atoms with E-state index in [1.807, 2.05) is 6.92 Å². The minimum Gasteiger partial charge on any atom is -0.481 e. The minimum absolute atomic E-state index is 0.0719. The van der Waals surface area contributed by atoms with Crippen LogP contribution in [-0.2, 0) is 14.3 Å². The summed E-state index contributed by atoms with van der Waals surface area (Å²) in [6, 6.07) is 0. The standard InChI is InChI=1S/C22H38O6/c1-4-5-14-22(2,28-3)20(25)13-12-17-16(18(23)15-19(17)24)10-8-6-7-9-11-21(26)27/h12-13,16-17,19-20,24-25H,4-11,14-15H2,1-3H3,(H,26,27)/t16-,17-,19-,20-,22-/m1/s1. The zero-order valence-electron chi connectivity index (χ0n) is 17.6. The fourth-order valence-corrected chi connectivity index (χ4v) is 3.92. The van der Waals surface area contributed by atoms with E-state index < -0.39 is 23.8 Å². The lowest BCUT2D eigenvalue weighted by atomic mass is 9.86. The second-order valence-electron chi connectivity index (χ2n) is 8.22. The predicted octanol–water partition coefficient (Wildman–Crippen LogP) is 3.49. The number of carbonyl (C=O) groups is 2. The summed E-state index contributed by atoms with van der Waals surface area (Å²) >= 11 is 0. The predicted molar refractivity (Wildman–Crippen MR) is 108 cm³/mol. The number of Topliss-reactive ketones (excluding diaryl/α,β-unsaturated/α-hetero) is 1. The number of unbranched alkanes of at least 4 members (excludes halogenated alkanes) is 4. The third-order valence-electron chi connectivity index (χ3n) is 6.02. The second kappa shape index (κ2) is 12.3. The highest BCUT2D eigenvalue weighted by atomic mass is 16.5. The van der Waals surface area contributed by atoms with Crippen molar-refractivity contribution in [2.24, 2.45) is 11.8 Å². The molecule has 1 aliphatic rings. The van der Waals surface area contributed by atoms with Crippen LogP contribution in [0.4, 0.5) is 0 Å². The van der Waals surface area contributed by atoms with Crippen LogP contribution in [0.3, 0.4) is 0 Å². The number of aliphatic hydroxyl groups is 2. The van der Waals surface area contributed by atoms with Gasteiger partial charge in [0.05, 0.1) is 11.7 Å². The van der Waals surface area contributed by atoms with Crippen molar-refractivity contribution < 1.29 is 29.6 Å². The number of ether oxygens (including phenoxy) is 1. The SMILES string of the molecule is CCCC[C@@](C)(OC)[C@H](O)C=C[C@H]1[C@H](O)CC(=O)[C@@H]1CCCCCCC(=O)O. The normalized spacial score (nSPS) is 25.9. The van der Waals surface area contributed by atoms with Crippen molar-refractivity contribution in [2.75, 3.05) is 7.11 Å². The number of rotatable bonds is 14. The van der Waals surface area contributed by atoms with Crippen LogP contribution < -0.4 is 0 Å². The fraction of sp³-hybridized carbons (Fsp3) is 0.818. The number of aliphatic carboxylic acids is 1. The molecule has 28 heavy (non-hydrogen) atoms. The topological polar surface area (TPSA) is 104 Å². The van der Waals surface area contributed by atoms with Crippen LogP contribution in [0.25, 0.3) is 0 Å². The molecule has 0 heterocycles. The molecule has 5 atom stereocenters. The Morgan fingerprint density at radius 3 is 2.57 bits per heavy atom. The Morgan fingerprint density at radius 1 is 1.29 bits per heavy atom. The number of hydrogen-bond acceptors (Lipinski definition) is 5. The number of ketones is 1. The summed E-state index contributed by atoms with van der Waals surface area (Å²) in [6.45, 7) is 3.97. The number of carbonyl (C=O) groups excluding carboxylic acids is 1. The molecule has 6 heteroatoms. The van der Waals surface area contributed by atoms with Crippen LogP contribution in [0.15, 0.2) is 12.2 Å². The number of aliphatic hydroxyl groups excluding tert-OH is 2. The Morgan fingerprint density at radius 2 is 1.96 bits per heavy atom. The first-order valence-electron chi connectivity index (χ1n) is 10.6. The molecule has 0 spiro atoms. The zero-order valence-corrected chi connectivity index (χ0v) is 17.6. The molecule has 3 N–H and O–H groups in total. The summed E-state index contributed by atoms with van der Waals surface area (Å²) in [6.07, 6.45) is 8.87. The Bertz CT molecular complexity index is 517. The van der Waals surface area contributed by atoms with Crippen LogP contribution in [0.1, 0.15) is 78.1 Å². The summed E-state index contributed by atoms with van der Waals surface area (Å²) in [4.78, 5) is 22.8. The molecular weight excluding hydrogens is 360 g/mol. The van der Waals surface area contributed by atoms with E-state index in [9.17, 15) is 19.8 Å². The Labute approximate surface area is 169 Å². The molecule has 0 saturated heterocycles. The van der Waals surface area contributed by atoms with Gasteiger partial charge in [-0.25, -0.2) is 0 Å². The molecule has 0 aliphatic heterocycles. The lowest BCUT2D eigenvalue weighted by Crippen LogP contribution is -2.40. The van der Waals surface area contributed by atoms with Gasteiger partial charge in [0.1, 0.15) is 11.9 Å². The van der Waals surface area contributed by atoms with Crippen molar-refractivity contribution in [3.8, 4) is 0 Å². The average Bonchev–Trinajstić information content (AvgIpc) is 2.92. The molecule has 1 aliphatic carbocycles. The van der Waals surface area contributed by atoms with Gasteiger partial charge in [-0.3, -0.25) is 9.59 Å². The molecule has 6 nitrogen and oxygen atoms in total. The third kappa shape index (κ3) is 7.64. The van der Waals surface area contributed by atoms with Crippen molar-refractivity contribution in [1.82, 2.24) is 0 Å². The van der Waals surface area contributed by atoms with Gasteiger partial charge < -0.3 is 20.1 Å². The molecule has 1 fully saturated rings. The van der Waals surface area contributed by atoms with Crippen molar-refractivity contribution in [3.05, 3.63) is 12.2 Å². The van der Waals surface area contributed by atoms with Gasteiger partial charge in [0.15, 0.2) is 0 Å². The van der Waals surface area contributed by atoms with Gasteiger partial charge >= 0.3 is 5.97 Å². The molecule has 1 saturated carbocycles. The summed E-state index contributed by atoms with van der Waals surface area (Å²) in [5.41, 5.74) is -0.681. The first-order valence-corrected chi connectivity index (χ1v) is 10.6. The van der Waals surface area contributed by atoms with E-state index >= 15 is 0 Å². The van der Waals surface area contributed by atoms with Gasteiger partial charge in [-0.1, -0.05) is 51.2 Å². The Hall–Kier alpha value is -1.24. The van der Waals surface area contributed by atoms with Gasteiger partial charge in [-0.2, -0.15) is 0 Å². The van der Waals surface area contributed by atoms with Gasteiger partial charge in [-0.05, 0) is 26.2 Å². The number of methoxy groups -OCH3 is 1. The third-order valence-corrected chi connectivity index (χ3v) is 6.02. The monoisotopic (exact) mass is 398 g/mol. The minimum atomic E-state index is -0.802. The van der Waals surface area contributed by atoms with Crippen LogP contribution in [0, 0.1) is 11.8 Å². The largest absolute Gasteiger partial charge is 0.481 e. The smallest absolute Gasteiger partial charge is 0.303 e. The van der Waals surface area contributed by atoms with E-state index in [0.717, 1.165) is 38.5 Å². The molecule has 0 amide bonds. The summed E-state index contributed by atoms with van der Waals surface area (Å²) in [5, 5.41) is 29.5. The second-order valence-corrected chi connectivity index (χ2v) is 8.22. The highest BCUT2D eigenvalue weighted by Crippen LogP contribution is 2.35. The van der Waals surface area contributed by atoms with Crippen molar-refractivity contribution in [1.29, 1.82) is 0 Å². The molecule has 0 unspecified atom stereocenters. The Kier molecular flexibility index (Phi) is 10.9. The molecule has 162 valence electrons. The van der Waals surface area contributed by atoms with E-state index in [4.69, 9.17) is 9.84 Å². The fourth-order valence-electron chi connectivity index (χ4n) is 3.92. The van der Waals surface area contributed by atoms with Crippen LogP contribution in [0.2, 0.25) is 0 Å². The van der Waals surface area contributed by atoms with E-state index in [1.54, 1.807) is 19.3 Å². The molecule has 1 rings (SSSR count). The van der Waals surface area contributed by atoms with Gasteiger partial charge in [0.25, 0.3) is 0 Å². The Balaban J connectivity index is 2.61. The highest BCUT2D eigenvalue weighted by molar-refractivity contribution is 5.84. The van der Waals surface area contributed by atoms with Crippen LogP contribution in [-0.4, -0.2) is 52.0 Å². The molecule has 0 aromatic carbocycles. The quantitative estimate of drug-likeness (QED) is 0.306. The zero-order chi connectivity index (χ0) is 21.2. The van der Waals surface area contributed by atoms with Crippen molar-refractivity contribution in [3.63, 3.8) is 0 Å². The van der Waals surface area contributed by atoms with Gasteiger partial charge in [0.2, 0.25) is 0 Å². The maximum atomic E-state index is 12.3. The molecule has 0 bridgehead atoms. The first-order chi connectivity index (χ1) is 13.2. The molecule has 0 aromatic rings.